The average molecular weight is 433 g/mol. The van der Waals surface area contributed by atoms with E-state index in [0.29, 0.717) is 28.0 Å². The first kappa shape index (κ1) is 20.8. The third-order valence-electron chi connectivity index (χ3n) is 4.93. The van der Waals surface area contributed by atoms with Crippen LogP contribution in [-0.4, -0.2) is 27.5 Å². The molecule has 1 amide bonds. The molecule has 0 saturated heterocycles. The second-order valence-electron chi connectivity index (χ2n) is 7.07. The van der Waals surface area contributed by atoms with Crippen LogP contribution in [0.4, 0.5) is 0 Å². The highest BCUT2D eigenvalue weighted by molar-refractivity contribution is 6.35. The van der Waals surface area contributed by atoms with Gasteiger partial charge in [0.05, 0.1) is 17.6 Å². The second kappa shape index (κ2) is 9.55. The van der Waals surface area contributed by atoms with Gasteiger partial charge in [-0.25, -0.2) is 0 Å². The maximum Gasteiger partial charge on any atom is 0.234 e. The van der Waals surface area contributed by atoms with Gasteiger partial charge in [0, 0.05) is 36.1 Å². The molecular weight excluding hydrogens is 412 g/mol. The molecule has 0 fully saturated rings. The number of hydrogen-bond acceptors (Lipinski definition) is 5. The van der Waals surface area contributed by atoms with Gasteiger partial charge in [0.2, 0.25) is 5.91 Å². The molecule has 0 aliphatic rings. The Kier molecular flexibility index (Phi) is 6.40. The zero-order valence-corrected chi connectivity index (χ0v) is 17.4. The van der Waals surface area contributed by atoms with E-state index in [1.165, 1.54) is 0 Å². The van der Waals surface area contributed by atoms with E-state index < -0.39 is 6.04 Å². The van der Waals surface area contributed by atoms with E-state index in [0.717, 1.165) is 11.1 Å². The van der Waals surface area contributed by atoms with E-state index in [1.807, 2.05) is 42.5 Å². The van der Waals surface area contributed by atoms with E-state index in [9.17, 15) is 9.90 Å². The highest BCUT2D eigenvalue weighted by Crippen LogP contribution is 2.38. The molecule has 0 aliphatic carbocycles. The van der Waals surface area contributed by atoms with Crippen LogP contribution in [-0.2, 0) is 11.3 Å². The van der Waals surface area contributed by atoms with Crippen LogP contribution in [0.25, 0.3) is 10.9 Å². The zero-order chi connectivity index (χ0) is 21.6. The number of halogens is 1. The van der Waals surface area contributed by atoms with Crippen molar-refractivity contribution in [1.82, 2.24) is 20.6 Å². The van der Waals surface area contributed by atoms with Crippen molar-refractivity contribution in [2.75, 3.05) is 6.54 Å². The first-order chi connectivity index (χ1) is 15.1. The largest absolute Gasteiger partial charge is 0.505 e. The van der Waals surface area contributed by atoms with E-state index >= 15 is 0 Å². The number of fused-ring (bicyclic) bond motifs is 1. The fourth-order valence-corrected chi connectivity index (χ4v) is 3.72. The first-order valence-electron chi connectivity index (χ1n) is 9.83. The number of rotatable bonds is 7. The third-order valence-corrected chi connectivity index (χ3v) is 5.24. The zero-order valence-electron chi connectivity index (χ0n) is 16.6. The first-order valence-corrected chi connectivity index (χ1v) is 10.2. The van der Waals surface area contributed by atoms with Gasteiger partial charge in [-0.15, -0.1) is 0 Å². The van der Waals surface area contributed by atoms with E-state index in [1.54, 1.807) is 36.8 Å². The number of phenols is 1. The predicted octanol–water partition coefficient (Wildman–Crippen LogP) is 3.98. The Hall–Kier alpha value is -3.48. The lowest BCUT2D eigenvalue weighted by atomic mass is 9.96. The number of amides is 1. The number of aromatic nitrogens is 2. The summed E-state index contributed by atoms with van der Waals surface area (Å²) in [6, 6.07) is 17.9. The van der Waals surface area contributed by atoms with Crippen molar-refractivity contribution in [3.05, 3.63) is 101 Å². The number of hydrogen-bond donors (Lipinski definition) is 3. The van der Waals surface area contributed by atoms with Crippen LogP contribution < -0.4 is 10.6 Å². The number of aromatic hydroxyl groups is 1. The molecule has 1 atom stereocenters. The highest BCUT2D eigenvalue weighted by Gasteiger charge is 2.23. The third kappa shape index (κ3) is 4.82. The van der Waals surface area contributed by atoms with Crippen molar-refractivity contribution in [2.24, 2.45) is 0 Å². The smallest absolute Gasteiger partial charge is 0.234 e. The SMILES string of the molecule is O=C(CNCc1cccnc1)NC(c1ccccc1)c1cc(Cl)c2cccnc2c1O. The molecule has 156 valence electrons. The van der Waals surface area contributed by atoms with Gasteiger partial charge >= 0.3 is 0 Å². The number of benzene rings is 2. The molecule has 6 nitrogen and oxygen atoms in total. The van der Waals surface area contributed by atoms with Gasteiger partial charge in [-0.3, -0.25) is 14.8 Å². The Morgan fingerprint density at radius 2 is 1.87 bits per heavy atom. The second-order valence-corrected chi connectivity index (χ2v) is 7.48. The molecule has 0 radical (unpaired) electrons. The van der Waals surface area contributed by atoms with E-state index in [2.05, 4.69) is 20.6 Å². The number of carbonyl (C=O) groups is 1. The van der Waals surface area contributed by atoms with Crippen molar-refractivity contribution < 1.29 is 9.90 Å². The lowest BCUT2D eigenvalue weighted by Gasteiger charge is -2.22. The maximum atomic E-state index is 12.7. The summed E-state index contributed by atoms with van der Waals surface area (Å²) in [5.74, 6) is -0.216. The molecule has 0 saturated carbocycles. The number of phenolic OH excluding ortho intramolecular Hbond substituents is 1. The molecule has 3 N–H and O–H groups in total. The number of pyridine rings is 2. The summed E-state index contributed by atoms with van der Waals surface area (Å²) in [6.07, 6.45) is 5.05. The molecule has 4 aromatic rings. The molecule has 7 heteroatoms. The van der Waals surface area contributed by atoms with Gasteiger partial charge in [0.25, 0.3) is 0 Å². The maximum absolute atomic E-state index is 12.7. The summed E-state index contributed by atoms with van der Waals surface area (Å²) in [6.45, 7) is 0.632. The van der Waals surface area contributed by atoms with Gasteiger partial charge in [-0.1, -0.05) is 48.0 Å². The summed E-state index contributed by atoms with van der Waals surface area (Å²) < 4.78 is 0. The summed E-state index contributed by atoms with van der Waals surface area (Å²) in [7, 11) is 0. The normalized spacial score (nSPS) is 11.9. The minimum absolute atomic E-state index is 0.00234. The van der Waals surface area contributed by atoms with Crippen molar-refractivity contribution in [2.45, 2.75) is 12.6 Å². The van der Waals surface area contributed by atoms with Crippen LogP contribution in [0.5, 0.6) is 5.75 Å². The Morgan fingerprint density at radius 1 is 1.06 bits per heavy atom. The average Bonchev–Trinajstić information content (AvgIpc) is 2.81. The van der Waals surface area contributed by atoms with E-state index in [4.69, 9.17) is 11.6 Å². The Bertz CT molecular complexity index is 1190. The summed E-state index contributed by atoms with van der Waals surface area (Å²) >= 11 is 6.47. The molecule has 0 spiro atoms. The Balaban J connectivity index is 1.59. The quantitative estimate of drug-likeness (QED) is 0.411. The van der Waals surface area contributed by atoms with Crippen LogP contribution in [0.2, 0.25) is 5.02 Å². The summed E-state index contributed by atoms with van der Waals surface area (Å²) in [5, 5.41) is 18.2. The minimum atomic E-state index is -0.585. The van der Waals surface area contributed by atoms with Crippen molar-refractivity contribution >= 4 is 28.4 Å². The van der Waals surface area contributed by atoms with Crippen LogP contribution in [0.1, 0.15) is 22.7 Å². The fraction of sp³-hybridized carbons (Fsp3) is 0.125. The molecule has 4 rings (SSSR count). The van der Waals surface area contributed by atoms with Crippen molar-refractivity contribution in [1.29, 1.82) is 0 Å². The van der Waals surface area contributed by atoms with Crippen LogP contribution in [0.15, 0.2) is 79.3 Å². The number of nitrogens with zero attached hydrogens (tertiary/aromatic N) is 2. The van der Waals surface area contributed by atoms with Crippen LogP contribution in [0, 0.1) is 0 Å². The fourth-order valence-electron chi connectivity index (χ4n) is 3.45. The Morgan fingerprint density at radius 3 is 2.65 bits per heavy atom. The molecule has 2 aromatic heterocycles. The molecule has 2 aromatic carbocycles. The standard InChI is InChI=1S/C24H21ClN4O2/c25-20-12-19(24(31)23-18(20)9-5-11-28-23)22(17-7-2-1-3-8-17)29-21(30)15-27-14-16-6-4-10-26-13-16/h1-13,22,27,31H,14-15H2,(H,29,30). The van der Waals surface area contributed by atoms with Gasteiger partial charge in [0.15, 0.2) is 0 Å². The molecule has 0 bridgehead atoms. The molecule has 1 unspecified atom stereocenters. The molecule has 2 heterocycles. The lowest BCUT2D eigenvalue weighted by molar-refractivity contribution is -0.120. The number of nitrogens with one attached hydrogen (secondary N) is 2. The minimum Gasteiger partial charge on any atom is -0.505 e. The van der Waals surface area contributed by atoms with Crippen molar-refractivity contribution in [3.63, 3.8) is 0 Å². The van der Waals surface area contributed by atoms with Crippen LogP contribution >= 0.6 is 11.6 Å². The van der Waals surface area contributed by atoms with E-state index in [-0.39, 0.29) is 18.2 Å². The Labute approximate surface area is 184 Å². The molecule has 0 aliphatic heterocycles. The van der Waals surface area contributed by atoms with Crippen molar-refractivity contribution in [3.8, 4) is 5.75 Å². The monoisotopic (exact) mass is 432 g/mol. The topological polar surface area (TPSA) is 87.1 Å². The van der Waals surface area contributed by atoms with Crippen LogP contribution in [0.3, 0.4) is 0 Å². The predicted molar refractivity (Wildman–Crippen MR) is 121 cm³/mol. The van der Waals surface area contributed by atoms with Gasteiger partial charge in [0.1, 0.15) is 11.3 Å². The molecule has 31 heavy (non-hydrogen) atoms. The van der Waals surface area contributed by atoms with Gasteiger partial charge in [-0.2, -0.15) is 0 Å². The van der Waals surface area contributed by atoms with Gasteiger partial charge in [-0.05, 0) is 35.4 Å². The molecular formula is C24H21ClN4O2. The van der Waals surface area contributed by atoms with Gasteiger partial charge < -0.3 is 15.7 Å². The lowest BCUT2D eigenvalue weighted by Crippen LogP contribution is -2.36. The summed E-state index contributed by atoms with van der Waals surface area (Å²) in [4.78, 5) is 21.1. The number of carbonyl (C=O) groups excluding carboxylic acids is 1. The highest BCUT2D eigenvalue weighted by atomic mass is 35.5. The summed E-state index contributed by atoms with van der Waals surface area (Å²) in [5.41, 5.74) is 2.70.